The topological polar surface area (TPSA) is 21.3 Å². The first-order valence-electron chi connectivity index (χ1n) is 8.06. The summed E-state index contributed by atoms with van der Waals surface area (Å²) in [5.74, 6) is 2.07. The zero-order valence-electron chi connectivity index (χ0n) is 14.2. The second-order valence-corrected chi connectivity index (χ2v) is 8.19. The van der Waals surface area contributed by atoms with Crippen LogP contribution < -0.4 is 10.1 Å². The molecule has 0 fully saturated rings. The molecule has 0 saturated heterocycles. The van der Waals surface area contributed by atoms with Gasteiger partial charge in [-0.1, -0.05) is 46.8 Å². The second-order valence-electron chi connectivity index (χ2n) is 6.35. The van der Waals surface area contributed by atoms with Crippen LogP contribution in [0, 0.1) is 0 Å². The molecule has 1 atom stereocenters. The molecule has 2 nitrogen and oxygen atoms in total. The summed E-state index contributed by atoms with van der Waals surface area (Å²) in [5.41, 5.74) is 1.35. The highest BCUT2D eigenvalue weighted by Crippen LogP contribution is 2.29. The van der Waals surface area contributed by atoms with Gasteiger partial charge in [-0.2, -0.15) is 11.8 Å². The predicted molar refractivity (Wildman–Crippen MR) is 95.5 cm³/mol. The third-order valence-electron chi connectivity index (χ3n) is 3.08. The number of thioether (sulfide) groups is 1. The van der Waals surface area contributed by atoms with Gasteiger partial charge in [0, 0.05) is 16.5 Å². The zero-order chi connectivity index (χ0) is 15.7. The Bertz CT molecular complexity index is 383. The molecule has 0 bridgehead atoms. The number of hydrogen-bond donors (Lipinski definition) is 1. The molecule has 1 unspecified atom stereocenters. The van der Waals surface area contributed by atoms with Crippen molar-refractivity contribution in [2.24, 2.45) is 0 Å². The van der Waals surface area contributed by atoms with E-state index in [9.17, 15) is 0 Å². The fraction of sp³-hybridized carbons (Fsp3) is 0.667. The summed E-state index contributed by atoms with van der Waals surface area (Å²) < 4.78 is 5.96. The Morgan fingerprint density at radius 2 is 1.76 bits per heavy atom. The van der Waals surface area contributed by atoms with E-state index in [-0.39, 0.29) is 0 Å². The minimum atomic E-state index is 0.302. The van der Waals surface area contributed by atoms with Crippen LogP contribution in [-0.2, 0) is 0 Å². The molecule has 0 aliphatic rings. The number of hydrogen-bond acceptors (Lipinski definition) is 3. The van der Waals surface area contributed by atoms with Crippen molar-refractivity contribution >= 4 is 11.8 Å². The third-order valence-corrected chi connectivity index (χ3v) is 4.45. The van der Waals surface area contributed by atoms with E-state index in [2.05, 4.69) is 64.2 Å². The Morgan fingerprint density at radius 3 is 2.29 bits per heavy atom. The maximum Gasteiger partial charge on any atom is 0.119 e. The summed E-state index contributed by atoms with van der Waals surface area (Å²) >= 11 is 2.01. The van der Waals surface area contributed by atoms with Crippen LogP contribution >= 0.6 is 11.8 Å². The van der Waals surface area contributed by atoms with Gasteiger partial charge in [0.2, 0.25) is 0 Å². The molecule has 21 heavy (non-hydrogen) atoms. The number of benzene rings is 1. The maximum absolute atomic E-state index is 5.66. The minimum Gasteiger partial charge on any atom is -0.494 e. The van der Waals surface area contributed by atoms with Crippen LogP contribution in [0.25, 0.3) is 0 Å². The number of nitrogens with one attached hydrogen (secondary N) is 1. The lowest BCUT2D eigenvalue weighted by Crippen LogP contribution is -2.26. The van der Waals surface area contributed by atoms with E-state index in [0.717, 1.165) is 37.5 Å². The summed E-state index contributed by atoms with van der Waals surface area (Å²) in [6.45, 7) is 13.0. The van der Waals surface area contributed by atoms with Crippen molar-refractivity contribution in [3.63, 3.8) is 0 Å². The largest absolute Gasteiger partial charge is 0.494 e. The van der Waals surface area contributed by atoms with Gasteiger partial charge in [0.15, 0.2) is 0 Å². The third kappa shape index (κ3) is 7.77. The normalized spacial score (nSPS) is 13.2. The lowest BCUT2D eigenvalue weighted by Gasteiger charge is -2.24. The summed E-state index contributed by atoms with van der Waals surface area (Å²) in [6, 6.07) is 8.98. The molecule has 1 rings (SSSR count). The lowest BCUT2D eigenvalue weighted by molar-refractivity contribution is 0.317. The molecule has 1 aromatic rings. The molecular weight excluding hydrogens is 278 g/mol. The van der Waals surface area contributed by atoms with E-state index in [0.29, 0.717) is 10.8 Å². The van der Waals surface area contributed by atoms with Crippen molar-refractivity contribution in [2.45, 2.75) is 58.2 Å². The highest BCUT2D eigenvalue weighted by Gasteiger charge is 2.16. The first kappa shape index (κ1) is 18.4. The second kappa shape index (κ2) is 9.37. The summed E-state index contributed by atoms with van der Waals surface area (Å²) in [6.07, 6.45) is 2.21. The van der Waals surface area contributed by atoms with Gasteiger partial charge in [0.05, 0.1) is 6.61 Å². The van der Waals surface area contributed by atoms with Crippen LogP contribution in [0.1, 0.15) is 59.1 Å². The van der Waals surface area contributed by atoms with Crippen LogP contribution in [-0.4, -0.2) is 23.7 Å². The Morgan fingerprint density at radius 1 is 1.10 bits per heavy atom. The molecule has 0 aliphatic carbocycles. The standard InChI is InChI=1S/C18H31NOS/c1-6-12-19-17(14-21-18(3,4)5)15-8-10-16(11-9-15)20-13-7-2/h8-11,17,19H,6-7,12-14H2,1-5H3. The summed E-state index contributed by atoms with van der Waals surface area (Å²) in [4.78, 5) is 0. The van der Waals surface area contributed by atoms with E-state index in [1.165, 1.54) is 5.56 Å². The molecule has 0 spiro atoms. The molecule has 120 valence electrons. The molecule has 0 aliphatic heterocycles. The first-order valence-corrected chi connectivity index (χ1v) is 9.05. The van der Waals surface area contributed by atoms with Gasteiger partial charge in [-0.3, -0.25) is 0 Å². The Balaban J connectivity index is 2.67. The lowest BCUT2D eigenvalue weighted by atomic mass is 10.1. The van der Waals surface area contributed by atoms with Crippen LogP contribution in [0.15, 0.2) is 24.3 Å². The van der Waals surface area contributed by atoms with Crippen LogP contribution in [0.5, 0.6) is 5.75 Å². The molecule has 0 heterocycles. The van der Waals surface area contributed by atoms with Gasteiger partial charge < -0.3 is 10.1 Å². The highest BCUT2D eigenvalue weighted by atomic mass is 32.2. The Labute approximate surface area is 135 Å². The Kier molecular flexibility index (Phi) is 8.20. The smallest absolute Gasteiger partial charge is 0.119 e. The molecular formula is C18H31NOS. The zero-order valence-corrected chi connectivity index (χ0v) is 15.1. The SMILES string of the molecule is CCCNC(CSC(C)(C)C)c1ccc(OCCC)cc1. The average molecular weight is 310 g/mol. The molecule has 1 aromatic carbocycles. The Hall–Kier alpha value is -0.670. The molecule has 3 heteroatoms. The fourth-order valence-electron chi connectivity index (χ4n) is 1.94. The van der Waals surface area contributed by atoms with E-state index in [1.54, 1.807) is 0 Å². The van der Waals surface area contributed by atoms with Crippen molar-refractivity contribution in [2.75, 3.05) is 18.9 Å². The molecule has 0 amide bonds. The summed E-state index contributed by atoms with van der Waals surface area (Å²) in [7, 11) is 0. The monoisotopic (exact) mass is 309 g/mol. The van der Waals surface area contributed by atoms with Crippen LogP contribution in [0.2, 0.25) is 0 Å². The minimum absolute atomic E-state index is 0.302. The van der Waals surface area contributed by atoms with Gasteiger partial charge in [-0.05, 0) is 37.1 Å². The van der Waals surface area contributed by atoms with Crippen molar-refractivity contribution < 1.29 is 4.74 Å². The van der Waals surface area contributed by atoms with Gasteiger partial charge >= 0.3 is 0 Å². The van der Waals surface area contributed by atoms with Gasteiger partial charge in [0.25, 0.3) is 0 Å². The van der Waals surface area contributed by atoms with Crippen molar-refractivity contribution in [3.05, 3.63) is 29.8 Å². The predicted octanol–water partition coefficient (Wildman–Crippen LogP) is 5.05. The van der Waals surface area contributed by atoms with Gasteiger partial charge in [0.1, 0.15) is 5.75 Å². The molecule has 0 saturated carbocycles. The van der Waals surface area contributed by atoms with E-state index in [4.69, 9.17) is 4.74 Å². The quantitative estimate of drug-likeness (QED) is 0.690. The maximum atomic E-state index is 5.66. The number of ether oxygens (including phenoxy) is 1. The highest BCUT2D eigenvalue weighted by molar-refractivity contribution is 8.00. The van der Waals surface area contributed by atoms with Crippen LogP contribution in [0.4, 0.5) is 0 Å². The summed E-state index contributed by atoms with van der Waals surface area (Å²) in [5, 5.41) is 3.66. The fourth-order valence-corrected chi connectivity index (χ4v) is 2.92. The van der Waals surface area contributed by atoms with Crippen molar-refractivity contribution in [1.29, 1.82) is 0 Å². The van der Waals surface area contributed by atoms with Crippen LogP contribution in [0.3, 0.4) is 0 Å². The number of rotatable bonds is 9. The van der Waals surface area contributed by atoms with Crippen molar-refractivity contribution in [1.82, 2.24) is 5.32 Å². The molecule has 0 aromatic heterocycles. The molecule has 1 N–H and O–H groups in total. The van der Waals surface area contributed by atoms with E-state index >= 15 is 0 Å². The first-order chi connectivity index (χ1) is 9.96. The van der Waals surface area contributed by atoms with Crippen molar-refractivity contribution in [3.8, 4) is 5.75 Å². The van der Waals surface area contributed by atoms with Gasteiger partial charge in [-0.25, -0.2) is 0 Å². The van der Waals surface area contributed by atoms with Gasteiger partial charge in [-0.15, -0.1) is 0 Å². The average Bonchev–Trinajstić information content (AvgIpc) is 2.45. The van der Waals surface area contributed by atoms with E-state index in [1.807, 2.05) is 11.8 Å². The molecule has 0 radical (unpaired) electrons. The van der Waals surface area contributed by atoms with E-state index < -0.39 is 0 Å².